The van der Waals surface area contributed by atoms with Crippen LogP contribution in [-0.2, 0) is 18.3 Å². The van der Waals surface area contributed by atoms with Crippen molar-refractivity contribution in [2.45, 2.75) is 51.9 Å². The Kier molecular flexibility index (Phi) is 5.97. The third-order valence-corrected chi connectivity index (χ3v) is 11.0. The summed E-state index contributed by atoms with van der Waals surface area (Å²) in [5, 5.41) is 7.99. The maximum Gasteiger partial charge on any atom is 0.0165 e. The molecule has 2 aliphatic carbocycles. The van der Waals surface area contributed by atoms with Gasteiger partial charge in [0.25, 0.3) is 0 Å². The van der Waals surface area contributed by atoms with E-state index in [2.05, 4.69) is 143 Å². The number of benzene rings is 7. The first kappa shape index (κ1) is 27.4. The quantitative estimate of drug-likeness (QED) is 0.175. The predicted molar refractivity (Wildman–Crippen MR) is 200 cm³/mol. The molecular weight excluding hydrogens is 553 g/mol. The number of fused-ring (bicyclic) bond motifs is 5. The van der Waals surface area contributed by atoms with Crippen molar-refractivity contribution in [2.24, 2.45) is 0 Å². The van der Waals surface area contributed by atoms with Gasteiger partial charge in [-0.3, -0.25) is 0 Å². The SMILES string of the molecule is C=Cc1c(CCC)c2c(c3c1C(C)(C)c1cc(-c4ccc(-c5ccc6ccc7cccc8ccc5c6c78)cc4)ccc1-3)CCC=C2. The lowest BCUT2D eigenvalue weighted by Crippen LogP contribution is -2.19. The number of hydrogen-bond donors (Lipinski definition) is 0. The summed E-state index contributed by atoms with van der Waals surface area (Å²) in [6.07, 6.45) is 11.4. The molecule has 0 saturated heterocycles. The van der Waals surface area contributed by atoms with Crippen LogP contribution < -0.4 is 0 Å². The number of rotatable bonds is 5. The lowest BCUT2D eigenvalue weighted by molar-refractivity contribution is 0.656. The van der Waals surface area contributed by atoms with Crippen LogP contribution in [0.15, 0.2) is 110 Å². The van der Waals surface area contributed by atoms with Crippen LogP contribution in [0.4, 0.5) is 0 Å². The van der Waals surface area contributed by atoms with Gasteiger partial charge in [0, 0.05) is 5.41 Å². The molecule has 0 saturated carbocycles. The van der Waals surface area contributed by atoms with E-state index in [1.165, 1.54) is 93.5 Å². The normalized spacial score (nSPS) is 14.6. The van der Waals surface area contributed by atoms with Gasteiger partial charge in [-0.25, -0.2) is 0 Å². The number of hydrogen-bond acceptors (Lipinski definition) is 0. The van der Waals surface area contributed by atoms with Gasteiger partial charge >= 0.3 is 0 Å². The van der Waals surface area contributed by atoms with Crippen LogP contribution in [0.5, 0.6) is 0 Å². The Bertz CT molecular complexity index is 2380. The Hall–Kier alpha value is -4.94. The Morgan fingerprint density at radius 1 is 0.739 bits per heavy atom. The summed E-state index contributed by atoms with van der Waals surface area (Å²) in [6, 6.07) is 36.8. The highest BCUT2D eigenvalue weighted by Gasteiger charge is 2.40. The predicted octanol–water partition coefficient (Wildman–Crippen LogP) is 12.8. The fourth-order valence-corrected chi connectivity index (χ4v) is 8.90. The van der Waals surface area contributed by atoms with E-state index in [1.807, 2.05) is 0 Å². The minimum Gasteiger partial charge on any atom is -0.0984 e. The zero-order valence-corrected chi connectivity index (χ0v) is 27.0. The van der Waals surface area contributed by atoms with Crippen LogP contribution in [-0.4, -0.2) is 0 Å². The van der Waals surface area contributed by atoms with Gasteiger partial charge in [-0.1, -0.05) is 143 Å². The van der Waals surface area contributed by atoms with Crippen molar-refractivity contribution in [2.75, 3.05) is 0 Å². The molecule has 0 spiro atoms. The minimum atomic E-state index is -0.0927. The molecule has 0 nitrogen and oxygen atoms in total. The fourth-order valence-electron chi connectivity index (χ4n) is 8.90. The lowest BCUT2D eigenvalue weighted by Gasteiger charge is -2.28. The second-order valence-corrected chi connectivity index (χ2v) is 13.9. The van der Waals surface area contributed by atoms with E-state index in [0.717, 1.165) is 25.7 Å². The monoisotopic (exact) mass is 590 g/mol. The molecular formula is C46H38. The lowest BCUT2D eigenvalue weighted by atomic mass is 9.75. The van der Waals surface area contributed by atoms with Gasteiger partial charge in [-0.15, -0.1) is 0 Å². The topological polar surface area (TPSA) is 0 Å². The summed E-state index contributed by atoms with van der Waals surface area (Å²) in [4.78, 5) is 0. The van der Waals surface area contributed by atoms with E-state index in [0.29, 0.717) is 0 Å². The van der Waals surface area contributed by atoms with Gasteiger partial charge in [0.15, 0.2) is 0 Å². The van der Waals surface area contributed by atoms with Crippen molar-refractivity contribution >= 4 is 44.5 Å². The molecule has 0 amide bonds. The maximum absolute atomic E-state index is 4.35. The molecule has 0 radical (unpaired) electrons. The molecule has 2 aliphatic rings. The van der Waals surface area contributed by atoms with Gasteiger partial charge < -0.3 is 0 Å². The summed E-state index contributed by atoms with van der Waals surface area (Å²) < 4.78 is 0. The maximum atomic E-state index is 4.35. The standard InChI is InChI=1S/C46H38/c1-5-10-36-34(6-2)45-44(38-14-8-7-13-37(36)38)40-26-23-33(27-41(40)46(45,3)4)28-15-17-29(18-16-28)35-24-21-32-20-19-30-11-9-12-31-22-25-39(35)43(32)42(30)31/h6-7,9,11-13,15-27H,2,5,8,10,14H2,1,3-4H3. The van der Waals surface area contributed by atoms with Crippen LogP contribution in [0.1, 0.15) is 67.0 Å². The minimum absolute atomic E-state index is 0.0927. The van der Waals surface area contributed by atoms with Crippen LogP contribution in [0, 0.1) is 0 Å². The smallest absolute Gasteiger partial charge is 0.0165 e. The molecule has 0 fully saturated rings. The highest BCUT2D eigenvalue weighted by Crippen LogP contribution is 2.55. The summed E-state index contributed by atoms with van der Waals surface area (Å²) in [6.45, 7) is 11.5. The Balaban J connectivity index is 1.15. The van der Waals surface area contributed by atoms with Gasteiger partial charge in [-0.05, 0) is 124 Å². The van der Waals surface area contributed by atoms with Crippen LogP contribution in [0.3, 0.4) is 0 Å². The molecule has 0 unspecified atom stereocenters. The van der Waals surface area contributed by atoms with E-state index in [1.54, 1.807) is 5.56 Å². The van der Waals surface area contributed by atoms with Gasteiger partial charge in [0.05, 0.1) is 0 Å². The van der Waals surface area contributed by atoms with Crippen LogP contribution >= 0.6 is 0 Å². The number of allylic oxidation sites excluding steroid dienone is 1. The summed E-state index contributed by atoms with van der Waals surface area (Å²) in [5.41, 5.74) is 16.7. The zero-order valence-electron chi connectivity index (χ0n) is 27.0. The molecule has 7 aromatic carbocycles. The molecule has 0 heteroatoms. The molecule has 0 N–H and O–H groups in total. The van der Waals surface area contributed by atoms with Crippen molar-refractivity contribution in [3.8, 4) is 33.4 Å². The summed E-state index contributed by atoms with van der Waals surface area (Å²) in [7, 11) is 0. The van der Waals surface area contributed by atoms with Crippen LogP contribution in [0.25, 0.3) is 77.9 Å². The molecule has 0 aliphatic heterocycles. The van der Waals surface area contributed by atoms with Crippen molar-refractivity contribution in [1.82, 2.24) is 0 Å². The van der Waals surface area contributed by atoms with Gasteiger partial charge in [-0.2, -0.15) is 0 Å². The zero-order chi connectivity index (χ0) is 31.2. The van der Waals surface area contributed by atoms with Crippen molar-refractivity contribution in [1.29, 1.82) is 0 Å². The van der Waals surface area contributed by atoms with E-state index in [9.17, 15) is 0 Å². The Labute approximate surface area is 272 Å². The molecule has 0 aromatic heterocycles. The third kappa shape index (κ3) is 3.74. The fraction of sp³-hybridized carbons (Fsp3) is 0.174. The molecule has 0 heterocycles. The third-order valence-electron chi connectivity index (χ3n) is 11.0. The highest BCUT2D eigenvalue weighted by atomic mass is 14.4. The Morgan fingerprint density at radius 2 is 1.41 bits per heavy atom. The van der Waals surface area contributed by atoms with Gasteiger partial charge in [0.2, 0.25) is 0 Å². The second kappa shape index (κ2) is 10.0. The van der Waals surface area contributed by atoms with E-state index in [4.69, 9.17) is 0 Å². The molecule has 7 aromatic rings. The molecule has 222 valence electrons. The molecule has 0 bridgehead atoms. The molecule has 9 rings (SSSR count). The van der Waals surface area contributed by atoms with Gasteiger partial charge in [0.1, 0.15) is 0 Å². The highest BCUT2D eigenvalue weighted by molar-refractivity contribution is 6.25. The van der Waals surface area contributed by atoms with E-state index in [-0.39, 0.29) is 5.41 Å². The average Bonchev–Trinajstić information content (AvgIpc) is 3.33. The first-order valence-electron chi connectivity index (χ1n) is 16.9. The van der Waals surface area contributed by atoms with E-state index >= 15 is 0 Å². The van der Waals surface area contributed by atoms with Crippen molar-refractivity contribution in [3.63, 3.8) is 0 Å². The van der Waals surface area contributed by atoms with E-state index < -0.39 is 0 Å². The molecule has 0 atom stereocenters. The summed E-state index contributed by atoms with van der Waals surface area (Å²) >= 11 is 0. The van der Waals surface area contributed by atoms with Crippen molar-refractivity contribution in [3.05, 3.63) is 143 Å². The summed E-state index contributed by atoms with van der Waals surface area (Å²) in [5.74, 6) is 0. The van der Waals surface area contributed by atoms with Crippen molar-refractivity contribution < 1.29 is 0 Å². The largest absolute Gasteiger partial charge is 0.0984 e. The molecule has 46 heavy (non-hydrogen) atoms. The Morgan fingerprint density at radius 3 is 2.17 bits per heavy atom. The second-order valence-electron chi connectivity index (χ2n) is 13.9. The first-order valence-corrected chi connectivity index (χ1v) is 16.9. The average molecular weight is 591 g/mol. The van der Waals surface area contributed by atoms with Crippen LogP contribution in [0.2, 0.25) is 0 Å². The first-order chi connectivity index (χ1) is 22.5.